The van der Waals surface area contributed by atoms with Crippen LogP contribution in [0, 0.1) is 0 Å². The molecule has 4 rings (SSSR count). The fourth-order valence-electron chi connectivity index (χ4n) is 3.65. The molecule has 0 heterocycles. The lowest BCUT2D eigenvalue weighted by atomic mass is 10.1. The third-order valence-corrected chi connectivity index (χ3v) is 5.38. The topological polar surface area (TPSA) is 47.6 Å². The molecule has 0 aromatic heterocycles. The Bertz CT molecular complexity index is 1200. The molecular weight excluding hydrogens is 398 g/mol. The summed E-state index contributed by atoms with van der Waals surface area (Å²) in [7, 11) is 0. The molecule has 0 radical (unpaired) electrons. The summed E-state index contributed by atoms with van der Waals surface area (Å²) in [6, 6.07) is 29.5. The average molecular weight is 426 g/mol. The highest BCUT2D eigenvalue weighted by Gasteiger charge is 2.14. The summed E-state index contributed by atoms with van der Waals surface area (Å²) in [6.07, 6.45) is 0. The summed E-state index contributed by atoms with van der Waals surface area (Å²) >= 11 is 0. The highest BCUT2D eigenvalue weighted by Crippen LogP contribution is 2.25. The summed E-state index contributed by atoms with van der Waals surface area (Å²) in [6.45, 7) is 4.77. The standard InChI is InChI=1S/C28H27NO3/c1-3-31-27-16-14-24(28(30)29-20(2)21-9-5-4-6-10-21)17-25(27)19-32-26-15-13-22-11-7-8-12-23(22)18-26/h4-18,20H,3,19H2,1-2H3,(H,29,30)/t20-/m0/s1. The van der Waals surface area contributed by atoms with Crippen molar-refractivity contribution in [2.45, 2.75) is 26.5 Å². The van der Waals surface area contributed by atoms with Crippen molar-refractivity contribution in [3.63, 3.8) is 0 Å². The molecule has 4 aromatic rings. The van der Waals surface area contributed by atoms with Crippen molar-refractivity contribution < 1.29 is 14.3 Å². The second kappa shape index (κ2) is 10.0. The van der Waals surface area contributed by atoms with Crippen LogP contribution in [0.3, 0.4) is 0 Å². The fourth-order valence-corrected chi connectivity index (χ4v) is 3.65. The maximum atomic E-state index is 12.9. The summed E-state index contributed by atoms with van der Waals surface area (Å²) in [4.78, 5) is 12.9. The Hall–Kier alpha value is -3.79. The van der Waals surface area contributed by atoms with Crippen molar-refractivity contribution >= 4 is 16.7 Å². The largest absolute Gasteiger partial charge is 0.493 e. The van der Waals surface area contributed by atoms with E-state index in [1.54, 1.807) is 6.07 Å². The van der Waals surface area contributed by atoms with Crippen LogP contribution in [0.25, 0.3) is 10.8 Å². The number of rotatable bonds is 8. The predicted octanol–water partition coefficient (Wildman–Crippen LogP) is 6.31. The number of amides is 1. The first kappa shape index (κ1) is 21.4. The number of benzene rings is 4. The Balaban J connectivity index is 1.51. The van der Waals surface area contributed by atoms with Crippen LogP contribution in [-0.2, 0) is 6.61 Å². The fraction of sp³-hybridized carbons (Fsp3) is 0.179. The van der Waals surface area contributed by atoms with Crippen LogP contribution in [-0.4, -0.2) is 12.5 Å². The molecule has 0 unspecified atom stereocenters. The summed E-state index contributed by atoms with van der Waals surface area (Å²) in [5.41, 5.74) is 2.47. The molecule has 0 fully saturated rings. The lowest BCUT2D eigenvalue weighted by Gasteiger charge is -2.16. The van der Waals surface area contributed by atoms with E-state index < -0.39 is 0 Å². The lowest BCUT2D eigenvalue weighted by Crippen LogP contribution is -2.26. The molecule has 0 spiro atoms. The van der Waals surface area contributed by atoms with Crippen molar-refractivity contribution in [1.82, 2.24) is 5.32 Å². The molecule has 0 saturated carbocycles. The van der Waals surface area contributed by atoms with Gasteiger partial charge in [-0.05, 0) is 60.5 Å². The Morgan fingerprint density at radius 3 is 2.38 bits per heavy atom. The molecule has 162 valence electrons. The number of carbonyl (C=O) groups is 1. The predicted molar refractivity (Wildman–Crippen MR) is 128 cm³/mol. The molecule has 0 saturated heterocycles. The number of hydrogen-bond donors (Lipinski definition) is 1. The quantitative estimate of drug-likeness (QED) is 0.360. The van der Waals surface area contributed by atoms with Crippen molar-refractivity contribution in [2.24, 2.45) is 0 Å². The van der Waals surface area contributed by atoms with Crippen LogP contribution in [0.2, 0.25) is 0 Å². The first-order valence-electron chi connectivity index (χ1n) is 10.9. The lowest BCUT2D eigenvalue weighted by molar-refractivity contribution is 0.0939. The van der Waals surface area contributed by atoms with Gasteiger partial charge in [0.15, 0.2) is 0 Å². The van der Waals surface area contributed by atoms with Crippen LogP contribution >= 0.6 is 0 Å². The third-order valence-electron chi connectivity index (χ3n) is 5.38. The minimum absolute atomic E-state index is 0.0902. The van der Waals surface area contributed by atoms with Gasteiger partial charge in [0.25, 0.3) is 5.91 Å². The van der Waals surface area contributed by atoms with Crippen LogP contribution in [0.15, 0.2) is 91.0 Å². The molecule has 1 N–H and O–H groups in total. The van der Waals surface area contributed by atoms with Gasteiger partial charge >= 0.3 is 0 Å². The van der Waals surface area contributed by atoms with Crippen LogP contribution in [0.4, 0.5) is 0 Å². The zero-order valence-electron chi connectivity index (χ0n) is 18.4. The summed E-state index contributed by atoms with van der Waals surface area (Å²) < 4.78 is 11.8. The van der Waals surface area contributed by atoms with Gasteiger partial charge in [-0.1, -0.05) is 60.7 Å². The molecule has 0 aliphatic carbocycles. The molecule has 0 aliphatic heterocycles. The molecule has 0 bridgehead atoms. The van der Waals surface area contributed by atoms with Crippen molar-refractivity contribution in [3.8, 4) is 11.5 Å². The van der Waals surface area contributed by atoms with E-state index in [-0.39, 0.29) is 11.9 Å². The Morgan fingerprint density at radius 2 is 1.59 bits per heavy atom. The van der Waals surface area contributed by atoms with Crippen molar-refractivity contribution in [2.75, 3.05) is 6.61 Å². The molecular formula is C28H27NO3. The van der Waals surface area contributed by atoms with E-state index in [0.717, 1.165) is 28.0 Å². The van der Waals surface area contributed by atoms with Crippen LogP contribution in [0.1, 0.15) is 41.4 Å². The zero-order valence-corrected chi connectivity index (χ0v) is 18.4. The first-order chi connectivity index (χ1) is 15.6. The summed E-state index contributed by atoms with van der Waals surface area (Å²) in [5, 5.41) is 5.36. The van der Waals surface area contributed by atoms with E-state index in [4.69, 9.17) is 9.47 Å². The van der Waals surface area contributed by atoms with Gasteiger partial charge in [-0.3, -0.25) is 4.79 Å². The van der Waals surface area contributed by atoms with Gasteiger partial charge in [-0.25, -0.2) is 0 Å². The summed E-state index contributed by atoms with van der Waals surface area (Å²) in [5.74, 6) is 1.37. The van der Waals surface area contributed by atoms with Gasteiger partial charge in [-0.2, -0.15) is 0 Å². The number of ether oxygens (including phenoxy) is 2. The highest BCUT2D eigenvalue weighted by molar-refractivity contribution is 5.94. The van der Waals surface area contributed by atoms with E-state index in [0.29, 0.717) is 18.8 Å². The second-order valence-corrected chi connectivity index (χ2v) is 7.66. The minimum atomic E-state index is -0.128. The third kappa shape index (κ3) is 5.09. The number of hydrogen-bond acceptors (Lipinski definition) is 3. The van der Waals surface area contributed by atoms with Gasteiger partial charge < -0.3 is 14.8 Å². The number of fused-ring (bicyclic) bond motifs is 1. The van der Waals surface area contributed by atoms with E-state index in [1.165, 1.54) is 5.39 Å². The van der Waals surface area contributed by atoms with Gasteiger partial charge in [0.1, 0.15) is 18.1 Å². The molecule has 0 aliphatic rings. The highest BCUT2D eigenvalue weighted by atomic mass is 16.5. The average Bonchev–Trinajstić information content (AvgIpc) is 2.84. The maximum Gasteiger partial charge on any atom is 0.251 e. The van der Waals surface area contributed by atoms with Crippen LogP contribution < -0.4 is 14.8 Å². The van der Waals surface area contributed by atoms with Crippen molar-refractivity contribution in [1.29, 1.82) is 0 Å². The van der Waals surface area contributed by atoms with E-state index in [9.17, 15) is 4.79 Å². The number of nitrogens with one attached hydrogen (secondary N) is 1. The van der Waals surface area contributed by atoms with Gasteiger partial charge in [0.2, 0.25) is 0 Å². The van der Waals surface area contributed by atoms with Crippen molar-refractivity contribution in [3.05, 3.63) is 108 Å². The molecule has 1 amide bonds. The Morgan fingerprint density at radius 1 is 0.844 bits per heavy atom. The number of carbonyl (C=O) groups excluding carboxylic acids is 1. The molecule has 32 heavy (non-hydrogen) atoms. The monoisotopic (exact) mass is 425 g/mol. The van der Waals surface area contributed by atoms with Crippen LogP contribution in [0.5, 0.6) is 11.5 Å². The molecule has 4 nitrogen and oxygen atoms in total. The molecule has 1 atom stereocenters. The Kier molecular flexibility index (Phi) is 6.71. The van der Waals surface area contributed by atoms with E-state index in [2.05, 4.69) is 17.4 Å². The van der Waals surface area contributed by atoms with E-state index >= 15 is 0 Å². The second-order valence-electron chi connectivity index (χ2n) is 7.66. The normalized spacial score (nSPS) is 11.7. The first-order valence-corrected chi connectivity index (χ1v) is 10.9. The smallest absolute Gasteiger partial charge is 0.251 e. The SMILES string of the molecule is CCOc1ccc(C(=O)N[C@@H](C)c2ccccc2)cc1COc1ccc2ccccc2c1. The zero-order chi connectivity index (χ0) is 22.3. The molecule has 4 aromatic carbocycles. The minimum Gasteiger partial charge on any atom is -0.493 e. The van der Waals surface area contributed by atoms with E-state index in [1.807, 2.05) is 86.6 Å². The maximum absolute atomic E-state index is 12.9. The van der Waals surface area contributed by atoms with Gasteiger partial charge in [0.05, 0.1) is 12.6 Å². The van der Waals surface area contributed by atoms with Gasteiger partial charge in [-0.15, -0.1) is 0 Å². The molecule has 4 heteroatoms. The Labute approximate surface area is 188 Å². The van der Waals surface area contributed by atoms with Gasteiger partial charge in [0, 0.05) is 11.1 Å².